The van der Waals surface area contributed by atoms with E-state index in [-0.39, 0.29) is 24.9 Å². The number of aryl methyl sites for hydroxylation is 2. The lowest BCUT2D eigenvalue weighted by Crippen LogP contribution is -2.54. The molecule has 2 fully saturated rings. The quantitative estimate of drug-likeness (QED) is 0.819. The smallest absolute Gasteiger partial charge is 0.332 e. The summed E-state index contributed by atoms with van der Waals surface area (Å²) >= 11 is 0. The van der Waals surface area contributed by atoms with Crippen LogP contribution in [-0.4, -0.2) is 41.9 Å². The molecule has 0 aliphatic carbocycles. The zero-order chi connectivity index (χ0) is 15.1. The molecule has 2 heterocycles. The first kappa shape index (κ1) is 13.6. The van der Waals surface area contributed by atoms with E-state index in [0.717, 1.165) is 17.5 Å². The Bertz CT molecular complexity index is 641. The van der Waals surface area contributed by atoms with E-state index in [1.807, 2.05) is 32.0 Å². The Morgan fingerprint density at radius 2 is 2.05 bits per heavy atom. The fourth-order valence-electron chi connectivity index (χ4n) is 2.97. The lowest BCUT2D eigenvalue weighted by atomic mass is 10.0. The third-order valence-electron chi connectivity index (χ3n) is 4.05. The molecule has 0 radical (unpaired) electrons. The molecule has 1 atom stereocenters. The average molecular weight is 287 g/mol. The van der Waals surface area contributed by atoms with Gasteiger partial charge in [-0.3, -0.25) is 9.59 Å². The van der Waals surface area contributed by atoms with Crippen LogP contribution in [0.4, 0.5) is 10.5 Å². The Morgan fingerprint density at radius 1 is 1.29 bits per heavy atom. The molecule has 110 valence electrons. The fraction of sp³-hybridized carbons (Fsp3) is 0.400. The lowest BCUT2D eigenvalue weighted by Gasteiger charge is -2.26. The zero-order valence-electron chi connectivity index (χ0n) is 12.0. The lowest BCUT2D eigenvalue weighted by molar-refractivity contribution is -0.126. The third kappa shape index (κ3) is 1.98. The van der Waals surface area contributed by atoms with Gasteiger partial charge in [0.05, 0.1) is 5.69 Å². The number of rotatable bonds is 2. The van der Waals surface area contributed by atoms with E-state index in [4.69, 9.17) is 0 Å². The van der Waals surface area contributed by atoms with Crippen molar-refractivity contribution in [3.63, 3.8) is 0 Å². The first-order valence-electron chi connectivity index (χ1n) is 7.04. The molecule has 1 N–H and O–H groups in total. The highest BCUT2D eigenvalue weighted by molar-refractivity contribution is 6.23. The maximum absolute atomic E-state index is 12.6. The van der Waals surface area contributed by atoms with Crippen LogP contribution in [0.25, 0.3) is 0 Å². The molecule has 2 aliphatic heterocycles. The van der Waals surface area contributed by atoms with E-state index in [1.165, 1.54) is 9.80 Å². The number of anilines is 1. The predicted molar refractivity (Wildman–Crippen MR) is 76.9 cm³/mol. The Balaban J connectivity index is 2.06. The number of nitrogens with one attached hydrogen (secondary N) is 1. The number of hydrogen-bond acceptors (Lipinski definition) is 3. The number of para-hydroxylation sites is 1. The Morgan fingerprint density at radius 3 is 2.76 bits per heavy atom. The van der Waals surface area contributed by atoms with E-state index >= 15 is 0 Å². The highest BCUT2D eigenvalue weighted by Crippen LogP contribution is 2.32. The van der Waals surface area contributed by atoms with Crippen molar-refractivity contribution in [3.8, 4) is 0 Å². The van der Waals surface area contributed by atoms with Crippen LogP contribution < -0.4 is 10.2 Å². The number of urea groups is 1. The number of imide groups is 1. The van der Waals surface area contributed by atoms with Gasteiger partial charge in [0.2, 0.25) is 5.91 Å². The van der Waals surface area contributed by atoms with Crippen LogP contribution in [-0.2, 0) is 16.0 Å². The summed E-state index contributed by atoms with van der Waals surface area (Å²) in [5.74, 6) is -0.487. The molecule has 0 saturated carbocycles. The molecule has 0 bridgehead atoms. The molecule has 2 saturated heterocycles. The summed E-state index contributed by atoms with van der Waals surface area (Å²) in [6.07, 6.45) is 0.732. The molecule has 6 nitrogen and oxygen atoms in total. The first-order chi connectivity index (χ1) is 10.0. The van der Waals surface area contributed by atoms with E-state index < -0.39 is 12.1 Å². The molecule has 1 aromatic rings. The maximum Gasteiger partial charge on any atom is 0.332 e. The predicted octanol–water partition coefficient (Wildman–Crippen LogP) is 0.824. The second-order valence-electron chi connectivity index (χ2n) is 5.34. The van der Waals surface area contributed by atoms with Crippen LogP contribution in [0.2, 0.25) is 0 Å². The fourth-order valence-corrected chi connectivity index (χ4v) is 2.97. The van der Waals surface area contributed by atoms with E-state index in [9.17, 15) is 14.4 Å². The van der Waals surface area contributed by atoms with Crippen LogP contribution in [0.1, 0.15) is 18.1 Å². The molecule has 0 unspecified atom stereocenters. The van der Waals surface area contributed by atoms with Crippen LogP contribution in [0.15, 0.2) is 18.2 Å². The number of nitrogens with zero attached hydrogens (tertiary/aromatic N) is 2. The molecule has 3 rings (SSSR count). The number of fused-ring (bicyclic) bond motifs is 1. The SMILES string of the molecule is CCc1cccc(C)c1N1C(=O)[C@H]2CNC(=O)CN2C1=O. The molecular formula is C15H17N3O3. The van der Waals surface area contributed by atoms with Crippen LogP contribution in [0.5, 0.6) is 0 Å². The Labute approximate surface area is 122 Å². The number of hydrogen-bond donors (Lipinski definition) is 1. The second-order valence-corrected chi connectivity index (χ2v) is 5.34. The number of benzene rings is 1. The summed E-state index contributed by atoms with van der Waals surface area (Å²) in [7, 11) is 0. The van der Waals surface area contributed by atoms with E-state index in [0.29, 0.717) is 5.69 Å². The van der Waals surface area contributed by atoms with Crippen molar-refractivity contribution in [1.82, 2.24) is 10.2 Å². The summed E-state index contributed by atoms with van der Waals surface area (Å²) in [4.78, 5) is 39.2. The number of amides is 4. The normalized spacial score (nSPS) is 21.6. The molecule has 6 heteroatoms. The maximum atomic E-state index is 12.6. The first-order valence-corrected chi connectivity index (χ1v) is 7.04. The van der Waals surface area contributed by atoms with Crippen LogP contribution in [0, 0.1) is 6.92 Å². The van der Waals surface area contributed by atoms with Gasteiger partial charge in [0, 0.05) is 6.54 Å². The minimum atomic E-state index is -0.584. The molecule has 21 heavy (non-hydrogen) atoms. The van der Waals surface area contributed by atoms with Crippen molar-refractivity contribution in [2.45, 2.75) is 26.3 Å². The summed E-state index contributed by atoms with van der Waals surface area (Å²) < 4.78 is 0. The van der Waals surface area contributed by atoms with Gasteiger partial charge in [-0.05, 0) is 24.5 Å². The molecule has 1 aromatic carbocycles. The number of piperazine rings is 1. The Kier molecular flexibility index (Phi) is 3.16. The number of carbonyl (C=O) groups is 3. The monoisotopic (exact) mass is 287 g/mol. The molecule has 0 spiro atoms. The molecule has 0 aromatic heterocycles. The molecular weight excluding hydrogens is 270 g/mol. The minimum Gasteiger partial charge on any atom is -0.352 e. The van der Waals surface area contributed by atoms with Crippen molar-refractivity contribution in [2.75, 3.05) is 18.0 Å². The molecule has 2 aliphatic rings. The molecule has 4 amide bonds. The summed E-state index contributed by atoms with van der Waals surface area (Å²) in [5, 5.41) is 2.64. The summed E-state index contributed by atoms with van der Waals surface area (Å²) in [6.45, 7) is 4.00. The largest absolute Gasteiger partial charge is 0.352 e. The minimum absolute atomic E-state index is 0.0565. The average Bonchev–Trinajstić information content (AvgIpc) is 2.70. The van der Waals surface area contributed by atoms with Gasteiger partial charge in [-0.1, -0.05) is 25.1 Å². The van der Waals surface area contributed by atoms with Gasteiger partial charge < -0.3 is 10.2 Å². The van der Waals surface area contributed by atoms with Crippen molar-refractivity contribution in [1.29, 1.82) is 0 Å². The van der Waals surface area contributed by atoms with Gasteiger partial charge in [0.25, 0.3) is 5.91 Å². The van der Waals surface area contributed by atoms with Gasteiger partial charge in [-0.15, -0.1) is 0 Å². The zero-order valence-corrected chi connectivity index (χ0v) is 12.0. The topological polar surface area (TPSA) is 69.7 Å². The number of carbonyl (C=O) groups excluding carboxylic acids is 3. The van der Waals surface area contributed by atoms with Gasteiger partial charge in [0.1, 0.15) is 12.6 Å². The second kappa shape index (κ2) is 4.87. The van der Waals surface area contributed by atoms with Gasteiger partial charge >= 0.3 is 6.03 Å². The van der Waals surface area contributed by atoms with Crippen LogP contribution in [0.3, 0.4) is 0 Å². The Hall–Kier alpha value is -2.37. The van der Waals surface area contributed by atoms with E-state index in [2.05, 4.69) is 5.32 Å². The third-order valence-corrected chi connectivity index (χ3v) is 4.05. The van der Waals surface area contributed by atoms with Crippen LogP contribution >= 0.6 is 0 Å². The van der Waals surface area contributed by atoms with Gasteiger partial charge in [0.15, 0.2) is 0 Å². The van der Waals surface area contributed by atoms with Crippen molar-refractivity contribution in [2.24, 2.45) is 0 Å². The summed E-state index contributed by atoms with van der Waals surface area (Å²) in [5.41, 5.74) is 2.50. The summed E-state index contributed by atoms with van der Waals surface area (Å²) in [6, 6.07) is 4.74. The van der Waals surface area contributed by atoms with Crippen molar-refractivity contribution < 1.29 is 14.4 Å². The van der Waals surface area contributed by atoms with Crippen molar-refractivity contribution >= 4 is 23.5 Å². The van der Waals surface area contributed by atoms with Gasteiger partial charge in [-0.25, -0.2) is 9.69 Å². The highest BCUT2D eigenvalue weighted by Gasteiger charge is 2.49. The van der Waals surface area contributed by atoms with Gasteiger partial charge in [-0.2, -0.15) is 0 Å². The highest BCUT2D eigenvalue weighted by atomic mass is 16.2. The van der Waals surface area contributed by atoms with Crippen molar-refractivity contribution in [3.05, 3.63) is 29.3 Å². The van der Waals surface area contributed by atoms with E-state index in [1.54, 1.807) is 0 Å². The standard InChI is InChI=1S/C15H17N3O3/c1-3-10-6-4-5-9(2)13(10)18-14(20)11-7-16-12(19)8-17(11)15(18)21/h4-6,11H,3,7-8H2,1-2H3,(H,16,19)/t11-/m1/s1.